The van der Waals surface area contributed by atoms with Crippen molar-refractivity contribution in [3.8, 4) is 5.75 Å². The summed E-state index contributed by atoms with van der Waals surface area (Å²) in [6, 6.07) is 12.0. The number of hydrogen-bond donors (Lipinski definition) is 1. The van der Waals surface area contributed by atoms with Gasteiger partial charge in [0.25, 0.3) is 5.69 Å². The molecular weight excluding hydrogens is 268 g/mol. The third-order valence-electron chi connectivity index (χ3n) is 3.22. The molecule has 0 aliphatic rings. The van der Waals surface area contributed by atoms with Crippen molar-refractivity contribution in [3.05, 3.63) is 69.3 Å². The van der Waals surface area contributed by atoms with Crippen LogP contribution in [0, 0.1) is 17.0 Å². The molecule has 0 atom stereocenters. The molecule has 0 spiro atoms. The fourth-order valence-electron chi connectivity index (χ4n) is 2.00. The maximum Gasteiger partial charge on any atom is 0.270 e. The Labute approximate surface area is 122 Å². The zero-order valence-corrected chi connectivity index (χ0v) is 11.7. The van der Waals surface area contributed by atoms with Gasteiger partial charge in [-0.3, -0.25) is 15.1 Å². The number of aliphatic imine (C=N–C) groups is 1. The number of aromatic hydroxyl groups is 1. The van der Waals surface area contributed by atoms with E-state index in [2.05, 4.69) is 11.1 Å². The lowest BCUT2D eigenvalue weighted by atomic mass is 10.1. The Morgan fingerprint density at radius 2 is 2.05 bits per heavy atom. The van der Waals surface area contributed by atoms with E-state index < -0.39 is 4.92 Å². The van der Waals surface area contributed by atoms with Crippen molar-refractivity contribution < 1.29 is 10.0 Å². The highest BCUT2D eigenvalue weighted by Crippen LogP contribution is 2.21. The summed E-state index contributed by atoms with van der Waals surface area (Å²) in [5, 5.41) is 20.4. The molecule has 5 heteroatoms. The van der Waals surface area contributed by atoms with Gasteiger partial charge in [0, 0.05) is 30.5 Å². The van der Waals surface area contributed by atoms with E-state index in [9.17, 15) is 15.2 Å². The van der Waals surface area contributed by atoms with E-state index in [1.165, 1.54) is 35.5 Å². The molecule has 21 heavy (non-hydrogen) atoms. The van der Waals surface area contributed by atoms with Gasteiger partial charge in [-0.1, -0.05) is 24.3 Å². The first-order chi connectivity index (χ1) is 10.1. The minimum absolute atomic E-state index is 0.0137. The summed E-state index contributed by atoms with van der Waals surface area (Å²) in [6.07, 6.45) is 2.26. The summed E-state index contributed by atoms with van der Waals surface area (Å²) >= 11 is 0. The van der Waals surface area contributed by atoms with E-state index in [1.807, 2.05) is 25.1 Å². The first kappa shape index (κ1) is 14.7. The summed E-state index contributed by atoms with van der Waals surface area (Å²) in [6.45, 7) is 2.61. The molecule has 0 radical (unpaired) electrons. The van der Waals surface area contributed by atoms with E-state index >= 15 is 0 Å². The van der Waals surface area contributed by atoms with Crippen molar-refractivity contribution in [2.24, 2.45) is 4.99 Å². The maximum absolute atomic E-state index is 10.7. The molecular formula is C16H16N2O3. The number of non-ortho nitro benzene ring substituents is 1. The van der Waals surface area contributed by atoms with Gasteiger partial charge in [-0.05, 0) is 30.5 Å². The quantitative estimate of drug-likeness (QED) is 0.520. The van der Waals surface area contributed by atoms with Crippen LogP contribution in [0.3, 0.4) is 0 Å². The van der Waals surface area contributed by atoms with Crippen LogP contribution >= 0.6 is 0 Å². The first-order valence-electron chi connectivity index (χ1n) is 6.59. The minimum atomic E-state index is -0.496. The smallest absolute Gasteiger partial charge is 0.270 e. The number of phenolic OH excluding ortho intramolecular Hbond substituents is 1. The summed E-state index contributed by atoms with van der Waals surface area (Å²) in [5.41, 5.74) is 2.73. The van der Waals surface area contributed by atoms with Gasteiger partial charge in [0.05, 0.1) is 4.92 Å². The monoisotopic (exact) mass is 284 g/mol. The maximum atomic E-state index is 10.7. The van der Waals surface area contributed by atoms with E-state index in [-0.39, 0.29) is 11.4 Å². The molecule has 2 rings (SSSR count). The molecule has 0 saturated carbocycles. The van der Waals surface area contributed by atoms with Crippen LogP contribution in [0.2, 0.25) is 0 Å². The van der Waals surface area contributed by atoms with Gasteiger partial charge >= 0.3 is 0 Å². The number of hydrogen-bond acceptors (Lipinski definition) is 4. The molecule has 2 aromatic rings. The fraction of sp³-hybridized carbons (Fsp3) is 0.188. The Balaban J connectivity index is 2.03. The molecule has 5 nitrogen and oxygen atoms in total. The van der Waals surface area contributed by atoms with E-state index in [0.29, 0.717) is 12.1 Å². The molecule has 0 aliphatic carbocycles. The highest BCUT2D eigenvalue weighted by atomic mass is 16.6. The highest BCUT2D eigenvalue weighted by Gasteiger charge is 2.08. The molecule has 0 saturated heterocycles. The Morgan fingerprint density at radius 1 is 1.29 bits per heavy atom. The number of phenols is 1. The Kier molecular flexibility index (Phi) is 4.66. The van der Waals surface area contributed by atoms with Crippen LogP contribution < -0.4 is 0 Å². The number of nitro groups is 1. The van der Waals surface area contributed by atoms with Crippen LogP contribution in [-0.4, -0.2) is 22.8 Å². The van der Waals surface area contributed by atoms with Gasteiger partial charge in [0.1, 0.15) is 5.75 Å². The lowest BCUT2D eigenvalue weighted by Crippen LogP contribution is -1.94. The Morgan fingerprint density at radius 3 is 2.76 bits per heavy atom. The SMILES string of the molecule is Cc1ccccc1CCN=Cc1cc([N+](=O)[O-])ccc1O. The molecule has 2 aromatic carbocycles. The van der Waals surface area contributed by atoms with E-state index in [4.69, 9.17) is 0 Å². The van der Waals surface area contributed by atoms with Gasteiger partial charge in [0.2, 0.25) is 0 Å². The van der Waals surface area contributed by atoms with Gasteiger partial charge in [-0.15, -0.1) is 0 Å². The molecule has 108 valence electrons. The van der Waals surface area contributed by atoms with Crippen LogP contribution in [0.4, 0.5) is 5.69 Å². The summed E-state index contributed by atoms with van der Waals surface area (Å²) in [5.74, 6) is -0.0137. The predicted molar refractivity (Wildman–Crippen MR) is 82.1 cm³/mol. The van der Waals surface area contributed by atoms with Crippen LogP contribution in [0.25, 0.3) is 0 Å². The topological polar surface area (TPSA) is 75.7 Å². The molecule has 0 heterocycles. The lowest BCUT2D eigenvalue weighted by Gasteiger charge is -2.02. The summed E-state index contributed by atoms with van der Waals surface area (Å²) in [4.78, 5) is 14.4. The van der Waals surface area contributed by atoms with Crippen molar-refractivity contribution in [3.63, 3.8) is 0 Å². The molecule has 0 unspecified atom stereocenters. The van der Waals surface area contributed by atoms with Crippen LogP contribution in [0.15, 0.2) is 47.5 Å². The molecule has 0 aromatic heterocycles. The van der Waals surface area contributed by atoms with E-state index in [0.717, 1.165) is 6.42 Å². The van der Waals surface area contributed by atoms with Crippen molar-refractivity contribution >= 4 is 11.9 Å². The first-order valence-corrected chi connectivity index (χ1v) is 6.59. The molecule has 0 bridgehead atoms. The average Bonchev–Trinajstić information content (AvgIpc) is 2.46. The van der Waals surface area contributed by atoms with Gasteiger partial charge in [-0.2, -0.15) is 0 Å². The molecule has 0 fully saturated rings. The number of benzene rings is 2. The number of aryl methyl sites for hydroxylation is 1. The van der Waals surface area contributed by atoms with Gasteiger partial charge < -0.3 is 5.11 Å². The van der Waals surface area contributed by atoms with Crippen molar-refractivity contribution in [2.75, 3.05) is 6.54 Å². The standard InChI is InChI=1S/C16H16N2O3/c1-12-4-2-3-5-13(12)8-9-17-11-14-10-15(18(20)21)6-7-16(14)19/h2-7,10-11,19H,8-9H2,1H3. The van der Waals surface area contributed by atoms with Crippen LogP contribution in [0.5, 0.6) is 5.75 Å². The van der Waals surface area contributed by atoms with Gasteiger partial charge in [-0.25, -0.2) is 0 Å². The molecule has 1 N–H and O–H groups in total. The van der Waals surface area contributed by atoms with Crippen LogP contribution in [0.1, 0.15) is 16.7 Å². The predicted octanol–water partition coefficient (Wildman–Crippen LogP) is 3.27. The second-order valence-electron chi connectivity index (χ2n) is 4.71. The zero-order valence-electron chi connectivity index (χ0n) is 11.7. The van der Waals surface area contributed by atoms with Gasteiger partial charge in [0.15, 0.2) is 0 Å². The fourth-order valence-corrected chi connectivity index (χ4v) is 2.00. The Hall–Kier alpha value is -2.69. The van der Waals surface area contributed by atoms with Crippen molar-refractivity contribution in [1.82, 2.24) is 0 Å². The second kappa shape index (κ2) is 6.65. The Bertz CT molecular complexity index is 681. The summed E-state index contributed by atoms with van der Waals surface area (Å²) < 4.78 is 0. The third-order valence-corrected chi connectivity index (χ3v) is 3.22. The normalized spacial score (nSPS) is 10.9. The zero-order chi connectivity index (χ0) is 15.2. The third kappa shape index (κ3) is 3.89. The average molecular weight is 284 g/mol. The summed E-state index contributed by atoms with van der Waals surface area (Å²) in [7, 11) is 0. The number of nitro benzene ring substituents is 1. The lowest BCUT2D eigenvalue weighted by molar-refractivity contribution is -0.384. The second-order valence-corrected chi connectivity index (χ2v) is 4.71. The number of rotatable bonds is 5. The van der Waals surface area contributed by atoms with Crippen molar-refractivity contribution in [2.45, 2.75) is 13.3 Å². The highest BCUT2D eigenvalue weighted by molar-refractivity contribution is 5.84. The largest absolute Gasteiger partial charge is 0.507 e. The van der Waals surface area contributed by atoms with E-state index in [1.54, 1.807) is 0 Å². The molecule has 0 aliphatic heterocycles. The molecule has 0 amide bonds. The van der Waals surface area contributed by atoms with Crippen molar-refractivity contribution in [1.29, 1.82) is 0 Å². The number of nitrogens with zero attached hydrogens (tertiary/aromatic N) is 2. The van der Waals surface area contributed by atoms with Crippen LogP contribution in [-0.2, 0) is 6.42 Å². The minimum Gasteiger partial charge on any atom is -0.507 e.